The monoisotopic (exact) mass is 343 g/mol. The molecule has 9 heteroatoms. The summed E-state index contributed by atoms with van der Waals surface area (Å²) in [5.41, 5.74) is -1.12. The summed E-state index contributed by atoms with van der Waals surface area (Å²) in [5, 5.41) is 23.1. The molecule has 4 N–H and O–H groups in total. The van der Waals surface area contributed by atoms with Crippen LogP contribution in [0.2, 0.25) is 0 Å². The highest BCUT2D eigenvalue weighted by molar-refractivity contribution is 5.94. The molecule has 24 heavy (non-hydrogen) atoms. The highest BCUT2D eigenvalue weighted by Gasteiger charge is 2.46. The van der Waals surface area contributed by atoms with E-state index in [1.54, 1.807) is 6.92 Å². The van der Waals surface area contributed by atoms with Gasteiger partial charge in [-0.25, -0.2) is 4.79 Å². The van der Waals surface area contributed by atoms with Crippen LogP contribution in [0.15, 0.2) is 0 Å². The second-order valence-corrected chi connectivity index (χ2v) is 6.00. The zero-order valence-corrected chi connectivity index (χ0v) is 14.0. The minimum Gasteiger partial charge on any atom is -0.481 e. The average molecular weight is 343 g/mol. The predicted octanol–water partition coefficient (Wildman–Crippen LogP) is -0.589. The number of carboxylic acids is 2. The van der Waals surface area contributed by atoms with E-state index in [0.29, 0.717) is 25.9 Å². The van der Waals surface area contributed by atoms with E-state index in [-0.39, 0.29) is 25.3 Å². The molecule has 0 aliphatic carbocycles. The van der Waals surface area contributed by atoms with Crippen molar-refractivity contribution in [2.24, 2.45) is 0 Å². The first-order valence-corrected chi connectivity index (χ1v) is 7.99. The van der Waals surface area contributed by atoms with Crippen molar-refractivity contribution in [1.82, 2.24) is 15.5 Å². The normalized spacial score (nSPS) is 21.3. The Morgan fingerprint density at radius 2 is 1.92 bits per heavy atom. The fourth-order valence-corrected chi connectivity index (χ4v) is 2.77. The highest BCUT2D eigenvalue weighted by Crippen LogP contribution is 2.29. The van der Waals surface area contributed by atoms with Gasteiger partial charge in [0.1, 0.15) is 11.6 Å². The number of rotatable bonds is 9. The molecule has 0 saturated carbocycles. The lowest BCUT2D eigenvalue weighted by atomic mass is 9.96. The Morgan fingerprint density at radius 1 is 1.25 bits per heavy atom. The fourth-order valence-electron chi connectivity index (χ4n) is 2.77. The summed E-state index contributed by atoms with van der Waals surface area (Å²) >= 11 is 0. The standard InChI is InChI=1S/C15H25N3O6/c1-3-16-9-11(19)18-8-4-7-15(18,2)14(24)17-10(13(22)23)5-6-12(20)21/h10,16H,3-9H2,1-2H3,(H,17,24)(H,20,21)(H,22,23)/t10?,15-/m0/s1. The molecule has 1 aliphatic rings. The summed E-state index contributed by atoms with van der Waals surface area (Å²) in [7, 11) is 0. The van der Waals surface area contributed by atoms with E-state index in [1.165, 1.54) is 4.90 Å². The number of amides is 2. The van der Waals surface area contributed by atoms with Crippen LogP contribution in [0, 0.1) is 0 Å². The molecular weight excluding hydrogens is 318 g/mol. The van der Waals surface area contributed by atoms with Crippen molar-refractivity contribution >= 4 is 23.8 Å². The lowest BCUT2D eigenvalue weighted by molar-refractivity contribution is -0.147. The van der Waals surface area contributed by atoms with Crippen molar-refractivity contribution in [2.75, 3.05) is 19.6 Å². The Balaban J connectivity index is 2.79. The summed E-state index contributed by atoms with van der Waals surface area (Å²) in [6.07, 6.45) is 0.505. The maximum Gasteiger partial charge on any atom is 0.326 e. The first-order valence-electron chi connectivity index (χ1n) is 7.99. The number of aliphatic carboxylic acids is 2. The first kappa shape index (κ1) is 19.9. The second kappa shape index (κ2) is 8.62. The lowest BCUT2D eigenvalue weighted by Crippen LogP contribution is -2.59. The average Bonchev–Trinajstić information content (AvgIpc) is 2.91. The van der Waals surface area contributed by atoms with Crippen molar-refractivity contribution in [3.05, 3.63) is 0 Å². The predicted molar refractivity (Wildman–Crippen MR) is 84.3 cm³/mol. The quantitative estimate of drug-likeness (QED) is 0.439. The molecule has 136 valence electrons. The minimum atomic E-state index is -1.29. The van der Waals surface area contributed by atoms with E-state index in [2.05, 4.69) is 10.6 Å². The smallest absolute Gasteiger partial charge is 0.326 e. The fraction of sp³-hybridized carbons (Fsp3) is 0.733. The molecule has 1 aliphatic heterocycles. The minimum absolute atomic E-state index is 0.112. The topological polar surface area (TPSA) is 136 Å². The Hall–Kier alpha value is -2.16. The second-order valence-electron chi connectivity index (χ2n) is 6.00. The van der Waals surface area contributed by atoms with Gasteiger partial charge >= 0.3 is 11.9 Å². The molecule has 0 aromatic rings. The molecule has 2 atom stereocenters. The van der Waals surface area contributed by atoms with Crippen LogP contribution in [0.25, 0.3) is 0 Å². The van der Waals surface area contributed by atoms with Crippen LogP contribution in [-0.2, 0) is 19.2 Å². The van der Waals surface area contributed by atoms with Crippen molar-refractivity contribution in [3.8, 4) is 0 Å². The molecule has 0 bridgehead atoms. The molecule has 9 nitrogen and oxygen atoms in total. The third-order valence-electron chi connectivity index (χ3n) is 4.21. The van der Waals surface area contributed by atoms with Crippen molar-refractivity contribution in [1.29, 1.82) is 0 Å². The van der Waals surface area contributed by atoms with E-state index in [9.17, 15) is 19.2 Å². The van der Waals surface area contributed by atoms with Crippen molar-refractivity contribution in [2.45, 2.75) is 51.1 Å². The van der Waals surface area contributed by atoms with Gasteiger partial charge in [0.15, 0.2) is 0 Å². The molecule has 1 heterocycles. The highest BCUT2D eigenvalue weighted by atomic mass is 16.4. The molecule has 2 amide bonds. The van der Waals surface area contributed by atoms with Crippen LogP contribution >= 0.6 is 0 Å². The van der Waals surface area contributed by atoms with Gasteiger partial charge in [-0.05, 0) is 32.7 Å². The summed E-state index contributed by atoms with van der Waals surface area (Å²) in [6, 6.07) is -1.29. The van der Waals surface area contributed by atoms with E-state index in [0.717, 1.165) is 0 Å². The van der Waals surface area contributed by atoms with Crippen LogP contribution in [0.4, 0.5) is 0 Å². The van der Waals surface area contributed by atoms with Crippen LogP contribution in [0.1, 0.15) is 39.5 Å². The number of carboxylic acid groups (broad SMARTS) is 2. The molecule has 0 aromatic carbocycles. The number of hydrogen-bond donors (Lipinski definition) is 4. The van der Waals surface area contributed by atoms with Crippen molar-refractivity contribution < 1.29 is 29.4 Å². The molecule has 0 radical (unpaired) electrons. The van der Waals surface area contributed by atoms with E-state index in [1.807, 2.05) is 6.92 Å². The molecule has 1 saturated heterocycles. The van der Waals surface area contributed by atoms with Gasteiger partial charge in [-0.2, -0.15) is 0 Å². The van der Waals surface area contributed by atoms with Gasteiger partial charge in [0.25, 0.3) is 0 Å². The van der Waals surface area contributed by atoms with Gasteiger partial charge in [-0.3, -0.25) is 14.4 Å². The Labute approximate surface area is 140 Å². The number of likely N-dealkylation sites (tertiary alicyclic amines) is 1. The van der Waals surface area contributed by atoms with Gasteiger partial charge in [-0.15, -0.1) is 0 Å². The zero-order valence-electron chi connectivity index (χ0n) is 14.0. The number of carbonyl (C=O) groups is 4. The number of carbonyl (C=O) groups excluding carboxylic acids is 2. The summed E-state index contributed by atoms with van der Waals surface area (Å²) in [5.74, 6) is -3.21. The molecule has 1 rings (SSSR count). The molecule has 1 unspecified atom stereocenters. The van der Waals surface area contributed by atoms with Crippen LogP contribution < -0.4 is 10.6 Å². The van der Waals surface area contributed by atoms with E-state index >= 15 is 0 Å². The van der Waals surface area contributed by atoms with Gasteiger partial charge in [0.2, 0.25) is 11.8 Å². The first-order chi connectivity index (χ1) is 11.2. The third-order valence-corrected chi connectivity index (χ3v) is 4.21. The van der Waals surface area contributed by atoms with Gasteiger partial charge in [0, 0.05) is 13.0 Å². The zero-order chi connectivity index (χ0) is 18.3. The number of nitrogens with zero attached hydrogens (tertiary/aromatic N) is 1. The Bertz CT molecular complexity index is 509. The summed E-state index contributed by atoms with van der Waals surface area (Å²) in [6.45, 7) is 4.64. The third kappa shape index (κ3) is 4.92. The number of nitrogens with one attached hydrogen (secondary N) is 2. The molecular formula is C15H25N3O6. The van der Waals surface area contributed by atoms with E-state index < -0.39 is 29.4 Å². The number of likely N-dealkylation sites (N-methyl/N-ethyl adjacent to an activating group) is 1. The van der Waals surface area contributed by atoms with E-state index in [4.69, 9.17) is 10.2 Å². The molecule has 0 aromatic heterocycles. The molecule has 0 spiro atoms. The lowest BCUT2D eigenvalue weighted by Gasteiger charge is -2.35. The largest absolute Gasteiger partial charge is 0.481 e. The number of hydrogen-bond acceptors (Lipinski definition) is 5. The van der Waals surface area contributed by atoms with Crippen molar-refractivity contribution in [3.63, 3.8) is 0 Å². The Kier molecular flexibility index (Phi) is 7.15. The van der Waals surface area contributed by atoms with Crippen LogP contribution in [-0.4, -0.2) is 70.1 Å². The van der Waals surface area contributed by atoms with Gasteiger partial charge < -0.3 is 25.7 Å². The maximum absolute atomic E-state index is 12.6. The Morgan fingerprint density at radius 3 is 2.46 bits per heavy atom. The maximum atomic E-state index is 12.6. The molecule has 1 fully saturated rings. The van der Waals surface area contributed by atoms with Gasteiger partial charge in [-0.1, -0.05) is 6.92 Å². The van der Waals surface area contributed by atoms with Crippen LogP contribution in [0.5, 0.6) is 0 Å². The summed E-state index contributed by atoms with van der Waals surface area (Å²) in [4.78, 5) is 48.1. The van der Waals surface area contributed by atoms with Gasteiger partial charge in [0.05, 0.1) is 6.54 Å². The summed E-state index contributed by atoms with van der Waals surface area (Å²) < 4.78 is 0. The van der Waals surface area contributed by atoms with Crippen LogP contribution in [0.3, 0.4) is 0 Å². The SMILES string of the molecule is CCNCC(=O)N1CCC[C@@]1(C)C(=O)NC(CCC(=O)O)C(=O)O.